The van der Waals surface area contributed by atoms with Gasteiger partial charge in [0.25, 0.3) is 0 Å². The summed E-state index contributed by atoms with van der Waals surface area (Å²) >= 11 is 3.40. The minimum atomic E-state index is -4.62. The van der Waals surface area contributed by atoms with E-state index >= 15 is 0 Å². The standard InChI is InChI=1S/C20H15BrF4O/c21-14-7-5-13(6-8-14)12-26-15-9-10-16(18(11-15)20(23,24)25)17-3-1-2-4-19(17)22/h1-5,7,9-11H,6,8,12H2. The quantitative estimate of drug-likeness (QED) is 0.483. The van der Waals surface area contributed by atoms with Crippen molar-refractivity contribution in [1.29, 1.82) is 0 Å². The van der Waals surface area contributed by atoms with Gasteiger partial charge in [-0.1, -0.05) is 46.3 Å². The molecule has 0 unspecified atom stereocenters. The normalized spacial score (nSPS) is 14.7. The molecule has 0 saturated carbocycles. The third kappa shape index (κ3) is 4.36. The lowest BCUT2D eigenvalue weighted by atomic mass is 9.98. The SMILES string of the molecule is Fc1ccccc1-c1ccc(OCC2=CC=C(Br)CC2)cc1C(F)(F)F. The number of halogens is 5. The van der Waals surface area contributed by atoms with Crippen LogP contribution in [0.2, 0.25) is 0 Å². The molecule has 0 N–H and O–H groups in total. The molecule has 1 nitrogen and oxygen atoms in total. The number of alkyl halides is 3. The van der Waals surface area contributed by atoms with Crippen molar-refractivity contribution in [2.45, 2.75) is 19.0 Å². The van der Waals surface area contributed by atoms with Gasteiger partial charge in [0.05, 0.1) is 5.56 Å². The molecular weight excluding hydrogens is 412 g/mol. The highest BCUT2D eigenvalue weighted by Gasteiger charge is 2.34. The second-order valence-electron chi connectivity index (χ2n) is 5.91. The summed E-state index contributed by atoms with van der Waals surface area (Å²) in [4.78, 5) is 0. The molecule has 26 heavy (non-hydrogen) atoms. The molecule has 0 amide bonds. The number of hydrogen-bond acceptors (Lipinski definition) is 1. The molecule has 2 aromatic rings. The van der Waals surface area contributed by atoms with Crippen molar-refractivity contribution < 1.29 is 22.3 Å². The predicted molar refractivity (Wildman–Crippen MR) is 96.7 cm³/mol. The average molecular weight is 427 g/mol. The molecule has 0 aliphatic heterocycles. The number of benzene rings is 2. The summed E-state index contributed by atoms with van der Waals surface area (Å²) in [6, 6.07) is 9.03. The monoisotopic (exact) mass is 426 g/mol. The van der Waals surface area contributed by atoms with Crippen molar-refractivity contribution >= 4 is 15.9 Å². The Labute approximate surface area is 157 Å². The lowest BCUT2D eigenvalue weighted by molar-refractivity contribution is -0.137. The van der Waals surface area contributed by atoms with Crippen molar-refractivity contribution in [2.24, 2.45) is 0 Å². The maximum atomic E-state index is 14.0. The fourth-order valence-corrected chi connectivity index (χ4v) is 3.04. The zero-order valence-corrected chi connectivity index (χ0v) is 15.2. The molecule has 0 fully saturated rings. The largest absolute Gasteiger partial charge is 0.489 e. The van der Waals surface area contributed by atoms with Crippen LogP contribution in [0.15, 0.2) is 64.7 Å². The molecule has 0 spiro atoms. The molecule has 1 aliphatic carbocycles. The van der Waals surface area contributed by atoms with Gasteiger partial charge in [0.2, 0.25) is 0 Å². The number of hydrogen-bond donors (Lipinski definition) is 0. The highest BCUT2D eigenvalue weighted by molar-refractivity contribution is 9.11. The lowest BCUT2D eigenvalue weighted by Gasteiger charge is -2.17. The van der Waals surface area contributed by atoms with Crippen molar-refractivity contribution in [3.05, 3.63) is 76.1 Å². The highest BCUT2D eigenvalue weighted by Crippen LogP contribution is 2.40. The van der Waals surface area contributed by atoms with Gasteiger partial charge in [-0.05, 0) is 52.7 Å². The van der Waals surface area contributed by atoms with E-state index in [4.69, 9.17) is 4.74 Å². The summed E-state index contributed by atoms with van der Waals surface area (Å²) in [5.74, 6) is -0.594. The molecule has 0 heterocycles. The van der Waals surface area contributed by atoms with Crippen LogP contribution in [0, 0.1) is 5.82 Å². The molecule has 3 rings (SSSR count). The molecule has 0 aromatic heterocycles. The molecule has 2 aromatic carbocycles. The number of rotatable bonds is 4. The average Bonchev–Trinajstić information content (AvgIpc) is 2.61. The molecule has 0 radical (unpaired) electrons. The van der Waals surface area contributed by atoms with E-state index < -0.39 is 17.6 Å². The Kier molecular flexibility index (Phi) is 5.51. The van der Waals surface area contributed by atoms with E-state index in [1.165, 1.54) is 30.3 Å². The first-order valence-electron chi connectivity index (χ1n) is 7.97. The highest BCUT2D eigenvalue weighted by atomic mass is 79.9. The van der Waals surface area contributed by atoms with Gasteiger partial charge in [-0.15, -0.1) is 0 Å². The van der Waals surface area contributed by atoms with E-state index in [9.17, 15) is 17.6 Å². The van der Waals surface area contributed by atoms with Crippen molar-refractivity contribution in [1.82, 2.24) is 0 Å². The Balaban J connectivity index is 1.89. The van der Waals surface area contributed by atoms with Crippen LogP contribution in [0.25, 0.3) is 11.1 Å². The Morgan fingerprint density at radius 1 is 0.962 bits per heavy atom. The summed E-state index contributed by atoms with van der Waals surface area (Å²) < 4.78 is 61.0. The van der Waals surface area contributed by atoms with Gasteiger partial charge in [-0.2, -0.15) is 13.2 Å². The van der Waals surface area contributed by atoms with Gasteiger partial charge in [0.15, 0.2) is 0 Å². The molecule has 136 valence electrons. The van der Waals surface area contributed by atoms with Crippen LogP contribution >= 0.6 is 15.9 Å². The Morgan fingerprint density at radius 3 is 2.38 bits per heavy atom. The van der Waals surface area contributed by atoms with Crippen LogP contribution in [-0.4, -0.2) is 6.61 Å². The topological polar surface area (TPSA) is 9.23 Å². The summed E-state index contributed by atoms with van der Waals surface area (Å²) in [7, 11) is 0. The smallest absolute Gasteiger partial charge is 0.417 e. The van der Waals surface area contributed by atoms with Gasteiger partial charge in [-0.3, -0.25) is 0 Å². The first-order chi connectivity index (χ1) is 12.3. The van der Waals surface area contributed by atoms with Gasteiger partial charge >= 0.3 is 6.18 Å². The van der Waals surface area contributed by atoms with E-state index in [2.05, 4.69) is 15.9 Å². The van der Waals surface area contributed by atoms with Crippen LogP contribution in [-0.2, 0) is 6.18 Å². The predicted octanol–water partition coefficient (Wildman–Crippen LogP) is 6.89. The number of allylic oxidation sites excluding steroid dienone is 3. The van der Waals surface area contributed by atoms with Crippen LogP contribution in [0.5, 0.6) is 5.75 Å². The molecule has 1 aliphatic rings. The molecular formula is C20H15BrF4O. The Hall–Kier alpha value is -2.08. The summed E-state index contributed by atoms with van der Waals surface area (Å²) in [5, 5.41) is 0. The second-order valence-corrected chi connectivity index (χ2v) is 6.93. The van der Waals surface area contributed by atoms with E-state index in [-0.39, 0.29) is 23.5 Å². The fraction of sp³-hybridized carbons (Fsp3) is 0.200. The molecule has 6 heteroatoms. The van der Waals surface area contributed by atoms with Crippen molar-refractivity contribution in [3.8, 4) is 16.9 Å². The van der Waals surface area contributed by atoms with Crippen LogP contribution in [0.3, 0.4) is 0 Å². The molecule has 0 saturated heterocycles. The maximum absolute atomic E-state index is 14.0. The summed E-state index contributed by atoms with van der Waals surface area (Å²) in [6.45, 7) is 0.215. The van der Waals surface area contributed by atoms with Crippen LogP contribution in [0.1, 0.15) is 18.4 Å². The van der Waals surface area contributed by atoms with E-state index in [1.807, 2.05) is 12.2 Å². The molecule has 0 atom stereocenters. The number of ether oxygens (including phenoxy) is 1. The Bertz CT molecular complexity index is 868. The lowest BCUT2D eigenvalue weighted by Crippen LogP contribution is -2.09. The maximum Gasteiger partial charge on any atom is 0.417 e. The zero-order valence-electron chi connectivity index (χ0n) is 13.6. The van der Waals surface area contributed by atoms with E-state index in [1.54, 1.807) is 0 Å². The van der Waals surface area contributed by atoms with Gasteiger partial charge in [-0.25, -0.2) is 4.39 Å². The zero-order chi connectivity index (χ0) is 18.7. The van der Waals surface area contributed by atoms with Crippen LogP contribution in [0.4, 0.5) is 17.6 Å². The third-order valence-electron chi connectivity index (χ3n) is 4.07. The van der Waals surface area contributed by atoms with E-state index in [0.717, 1.165) is 35.0 Å². The van der Waals surface area contributed by atoms with E-state index in [0.29, 0.717) is 0 Å². The summed E-state index contributed by atoms with van der Waals surface area (Å²) in [6.07, 6.45) is 0.816. The second kappa shape index (κ2) is 7.66. The van der Waals surface area contributed by atoms with Crippen molar-refractivity contribution in [3.63, 3.8) is 0 Å². The first-order valence-corrected chi connectivity index (χ1v) is 8.77. The van der Waals surface area contributed by atoms with Gasteiger partial charge in [0, 0.05) is 5.56 Å². The van der Waals surface area contributed by atoms with Crippen molar-refractivity contribution in [2.75, 3.05) is 6.61 Å². The Morgan fingerprint density at radius 2 is 1.73 bits per heavy atom. The minimum absolute atomic E-state index is 0.0867. The first kappa shape index (κ1) is 18.7. The van der Waals surface area contributed by atoms with Gasteiger partial charge in [0.1, 0.15) is 18.2 Å². The van der Waals surface area contributed by atoms with Gasteiger partial charge < -0.3 is 4.74 Å². The molecule has 0 bridgehead atoms. The van der Waals surface area contributed by atoms with Crippen LogP contribution < -0.4 is 4.74 Å². The minimum Gasteiger partial charge on any atom is -0.489 e. The third-order valence-corrected chi connectivity index (χ3v) is 4.73. The summed E-state index contributed by atoms with van der Waals surface area (Å²) in [5.41, 5.74) is -0.205. The fourth-order valence-electron chi connectivity index (χ4n) is 2.71.